The maximum absolute atomic E-state index is 5.81. The van der Waals surface area contributed by atoms with E-state index in [-0.39, 0.29) is 5.54 Å². The highest BCUT2D eigenvalue weighted by Crippen LogP contribution is 2.27. The molecule has 0 amide bonds. The Morgan fingerprint density at radius 1 is 1.36 bits per heavy atom. The van der Waals surface area contributed by atoms with Crippen molar-refractivity contribution in [2.45, 2.75) is 38.5 Å². The topological polar surface area (TPSA) is 44.5 Å². The summed E-state index contributed by atoms with van der Waals surface area (Å²) in [6, 6.07) is 0. The highest BCUT2D eigenvalue weighted by molar-refractivity contribution is 4.87. The summed E-state index contributed by atoms with van der Waals surface area (Å²) in [6.07, 6.45) is 3.77. The van der Waals surface area contributed by atoms with Crippen LogP contribution in [0.15, 0.2) is 12.5 Å². The Hall–Kier alpha value is -0.700. The van der Waals surface area contributed by atoms with E-state index in [1.165, 1.54) is 0 Å². The van der Waals surface area contributed by atoms with Gasteiger partial charge in [0.2, 0.25) is 5.79 Å². The molecule has 0 aromatic carbocycles. The first-order chi connectivity index (χ1) is 4.91. The van der Waals surface area contributed by atoms with Gasteiger partial charge in [-0.1, -0.05) is 0 Å². The van der Waals surface area contributed by atoms with Gasteiger partial charge >= 0.3 is 0 Å². The lowest BCUT2D eigenvalue weighted by Crippen LogP contribution is -2.42. The van der Waals surface area contributed by atoms with Gasteiger partial charge in [0, 0.05) is 18.9 Å². The average Bonchev–Trinajstić information content (AvgIpc) is 2.09. The van der Waals surface area contributed by atoms with Gasteiger partial charge in [0.1, 0.15) is 12.5 Å². The average molecular weight is 157 g/mol. The van der Waals surface area contributed by atoms with Crippen LogP contribution in [0.3, 0.4) is 0 Å². The van der Waals surface area contributed by atoms with Crippen molar-refractivity contribution in [3.8, 4) is 0 Å². The smallest absolute Gasteiger partial charge is 0.248 e. The summed E-state index contributed by atoms with van der Waals surface area (Å²) in [5, 5.41) is 0. The first kappa shape index (κ1) is 8.40. The predicted octanol–water partition coefficient (Wildman–Crippen LogP) is 1.35. The third kappa shape index (κ3) is 2.42. The van der Waals surface area contributed by atoms with E-state index in [0.717, 1.165) is 0 Å². The highest BCUT2D eigenvalue weighted by atomic mass is 16.7. The minimum Gasteiger partial charge on any atom is -0.457 e. The van der Waals surface area contributed by atoms with E-state index in [0.29, 0.717) is 6.42 Å². The second-order valence-corrected chi connectivity index (χ2v) is 3.81. The fourth-order valence-electron chi connectivity index (χ4n) is 1.28. The van der Waals surface area contributed by atoms with Gasteiger partial charge in [0.05, 0.1) is 0 Å². The van der Waals surface area contributed by atoms with Crippen molar-refractivity contribution in [2.75, 3.05) is 0 Å². The number of hydrogen-bond acceptors (Lipinski definition) is 3. The van der Waals surface area contributed by atoms with Crippen LogP contribution in [0.2, 0.25) is 0 Å². The molecule has 0 fully saturated rings. The molecule has 0 bridgehead atoms. The van der Waals surface area contributed by atoms with E-state index < -0.39 is 5.79 Å². The zero-order chi connectivity index (χ0) is 8.54. The molecule has 0 aliphatic carbocycles. The van der Waals surface area contributed by atoms with E-state index in [9.17, 15) is 0 Å². The van der Waals surface area contributed by atoms with Gasteiger partial charge in [0.15, 0.2) is 0 Å². The molecule has 11 heavy (non-hydrogen) atoms. The van der Waals surface area contributed by atoms with Crippen molar-refractivity contribution in [1.82, 2.24) is 0 Å². The first-order valence-electron chi connectivity index (χ1n) is 3.71. The number of nitrogens with two attached hydrogens (primary N) is 1. The van der Waals surface area contributed by atoms with Crippen molar-refractivity contribution in [3.63, 3.8) is 0 Å². The molecule has 0 saturated heterocycles. The molecule has 1 rings (SSSR count). The normalized spacial score (nSPS) is 21.1. The lowest BCUT2D eigenvalue weighted by Gasteiger charge is -2.30. The molecule has 0 atom stereocenters. The van der Waals surface area contributed by atoms with Crippen molar-refractivity contribution >= 4 is 0 Å². The van der Waals surface area contributed by atoms with Gasteiger partial charge < -0.3 is 15.2 Å². The molecule has 0 aromatic heterocycles. The van der Waals surface area contributed by atoms with E-state index in [1.54, 1.807) is 12.5 Å². The number of ether oxygens (including phenoxy) is 2. The third-order valence-electron chi connectivity index (χ3n) is 1.47. The van der Waals surface area contributed by atoms with E-state index in [2.05, 4.69) is 0 Å². The molecule has 0 unspecified atom stereocenters. The molecular formula is C8H15NO2. The summed E-state index contributed by atoms with van der Waals surface area (Å²) < 4.78 is 10.5. The molecule has 2 N–H and O–H groups in total. The SMILES string of the molecule is CC(C)(N)CC1(C)OC=CO1. The van der Waals surface area contributed by atoms with Crippen LogP contribution in [-0.2, 0) is 9.47 Å². The van der Waals surface area contributed by atoms with Gasteiger partial charge in [-0.15, -0.1) is 0 Å². The summed E-state index contributed by atoms with van der Waals surface area (Å²) in [4.78, 5) is 0. The summed E-state index contributed by atoms with van der Waals surface area (Å²) in [6.45, 7) is 5.77. The molecule has 3 heteroatoms. The molecule has 0 radical (unpaired) electrons. The second kappa shape index (κ2) is 2.41. The van der Waals surface area contributed by atoms with Crippen LogP contribution in [-0.4, -0.2) is 11.3 Å². The Kier molecular flexibility index (Phi) is 1.84. The zero-order valence-corrected chi connectivity index (χ0v) is 7.26. The number of hydrogen-bond donors (Lipinski definition) is 1. The predicted molar refractivity (Wildman–Crippen MR) is 42.6 cm³/mol. The Morgan fingerprint density at radius 2 is 1.82 bits per heavy atom. The summed E-state index contributed by atoms with van der Waals surface area (Å²) in [5.74, 6) is -0.557. The lowest BCUT2D eigenvalue weighted by molar-refractivity contribution is -0.139. The third-order valence-corrected chi connectivity index (χ3v) is 1.47. The zero-order valence-electron chi connectivity index (χ0n) is 7.26. The number of rotatable bonds is 2. The monoisotopic (exact) mass is 157 g/mol. The quantitative estimate of drug-likeness (QED) is 0.658. The molecule has 1 aliphatic heterocycles. The van der Waals surface area contributed by atoms with Gasteiger partial charge in [-0.05, 0) is 13.8 Å². The molecule has 3 nitrogen and oxygen atoms in total. The summed E-state index contributed by atoms with van der Waals surface area (Å²) in [5.41, 5.74) is 5.55. The maximum Gasteiger partial charge on any atom is 0.248 e. The standard InChI is InChI=1S/C8H15NO2/c1-7(2,9)6-8(3)10-4-5-11-8/h4-5H,6,9H2,1-3H3. The van der Waals surface area contributed by atoms with Crippen molar-refractivity contribution in [2.24, 2.45) is 5.73 Å². The molecule has 64 valence electrons. The Bertz CT molecular complexity index is 161. The molecule has 1 aliphatic rings. The maximum atomic E-state index is 5.81. The van der Waals surface area contributed by atoms with Gasteiger partial charge in [0.25, 0.3) is 0 Å². The Balaban J connectivity index is 2.48. The summed E-state index contributed by atoms with van der Waals surface area (Å²) in [7, 11) is 0. The summed E-state index contributed by atoms with van der Waals surface area (Å²) >= 11 is 0. The largest absolute Gasteiger partial charge is 0.457 e. The molecule has 1 heterocycles. The Morgan fingerprint density at radius 3 is 2.18 bits per heavy atom. The van der Waals surface area contributed by atoms with Gasteiger partial charge in [-0.2, -0.15) is 0 Å². The van der Waals surface area contributed by atoms with Crippen molar-refractivity contribution in [3.05, 3.63) is 12.5 Å². The fraction of sp³-hybridized carbons (Fsp3) is 0.750. The molecule has 0 saturated carbocycles. The van der Waals surface area contributed by atoms with Crippen LogP contribution in [0.4, 0.5) is 0 Å². The van der Waals surface area contributed by atoms with Crippen LogP contribution in [0.1, 0.15) is 27.2 Å². The van der Waals surface area contributed by atoms with Crippen LogP contribution < -0.4 is 5.73 Å². The van der Waals surface area contributed by atoms with E-state index in [1.807, 2.05) is 20.8 Å². The van der Waals surface area contributed by atoms with Crippen molar-refractivity contribution in [1.29, 1.82) is 0 Å². The second-order valence-electron chi connectivity index (χ2n) is 3.81. The van der Waals surface area contributed by atoms with Crippen molar-refractivity contribution < 1.29 is 9.47 Å². The molecule has 0 aromatic rings. The van der Waals surface area contributed by atoms with Gasteiger partial charge in [-0.25, -0.2) is 0 Å². The van der Waals surface area contributed by atoms with Crippen LogP contribution in [0.5, 0.6) is 0 Å². The van der Waals surface area contributed by atoms with Crippen LogP contribution in [0, 0.1) is 0 Å². The first-order valence-corrected chi connectivity index (χ1v) is 3.71. The van der Waals surface area contributed by atoms with E-state index in [4.69, 9.17) is 15.2 Å². The molecular weight excluding hydrogens is 142 g/mol. The van der Waals surface area contributed by atoms with Gasteiger partial charge in [-0.3, -0.25) is 0 Å². The minimum absolute atomic E-state index is 0.263. The van der Waals surface area contributed by atoms with Crippen LogP contribution in [0.25, 0.3) is 0 Å². The minimum atomic E-state index is -0.557. The lowest BCUT2D eigenvalue weighted by atomic mass is 9.97. The molecule has 0 spiro atoms. The fourth-order valence-corrected chi connectivity index (χ4v) is 1.28. The van der Waals surface area contributed by atoms with Crippen LogP contribution >= 0.6 is 0 Å². The highest BCUT2D eigenvalue weighted by Gasteiger charge is 2.34. The van der Waals surface area contributed by atoms with E-state index >= 15 is 0 Å². The Labute approximate surface area is 67.2 Å².